The first kappa shape index (κ1) is 26.8. The molecule has 1 aliphatic carbocycles. The van der Waals surface area contributed by atoms with Gasteiger partial charge in [0.25, 0.3) is 0 Å². The van der Waals surface area contributed by atoms with E-state index in [2.05, 4.69) is 39.5 Å². The molecule has 0 saturated carbocycles. The van der Waals surface area contributed by atoms with E-state index in [-0.39, 0.29) is 5.91 Å². The molecule has 0 bridgehead atoms. The van der Waals surface area contributed by atoms with E-state index in [0.717, 1.165) is 37.1 Å². The van der Waals surface area contributed by atoms with Gasteiger partial charge in [0.1, 0.15) is 6.04 Å². The van der Waals surface area contributed by atoms with Gasteiger partial charge in [-0.15, -0.1) is 0 Å². The summed E-state index contributed by atoms with van der Waals surface area (Å²) in [6, 6.07) is 8.79. The number of nitrogens with one attached hydrogen (secondary N) is 1. The summed E-state index contributed by atoms with van der Waals surface area (Å²) in [6.07, 6.45) is 14.7. The summed E-state index contributed by atoms with van der Waals surface area (Å²) in [5.74, 6) is -0.270. The van der Waals surface area contributed by atoms with E-state index in [1.54, 1.807) is 24.7 Å². The minimum atomic E-state index is -3.50. The Hall–Kier alpha value is -3.26. The molecular formula is C27H34N6O3S. The molecule has 1 aliphatic heterocycles. The van der Waals surface area contributed by atoms with Gasteiger partial charge in [-0.2, -0.15) is 9.57 Å². The Morgan fingerprint density at radius 1 is 1.22 bits per heavy atom. The fourth-order valence-electron chi connectivity index (χ4n) is 4.81. The molecule has 0 radical (unpaired) electrons. The maximum Gasteiger partial charge on any atom is 0.239 e. The average Bonchev–Trinajstić information content (AvgIpc) is 3.34. The predicted octanol–water partition coefficient (Wildman–Crippen LogP) is 2.07. The number of benzene rings is 1. The van der Waals surface area contributed by atoms with E-state index >= 15 is 0 Å². The van der Waals surface area contributed by atoms with E-state index in [1.807, 2.05) is 16.7 Å². The number of carbonyl (C=O) groups excluding carboxylic acids is 1. The summed E-state index contributed by atoms with van der Waals surface area (Å²) in [7, 11) is -3.50. The van der Waals surface area contributed by atoms with Gasteiger partial charge in [0.05, 0.1) is 24.2 Å². The van der Waals surface area contributed by atoms with Crippen molar-refractivity contribution in [3.8, 4) is 6.07 Å². The Morgan fingerprint density at radius 3 is 2.73 bits per heavy atom. The lowest BCUT2D eigenvalue weighted by Crippen LogP contribution is -2.60. The van der Waals surface area contributed by atoms with Crippen LogP contribution in [0.15, 0.2) is 60.6 Å². The molecule has 9 nitrogen and oxygen atoms in total. The monoisotopic (exact) mass is 522 g/mol. The molecular weight excluding hydrogens is 488 g/mol. The van der Waals surface area contributed by atoms with Crippen molar-refractivity contribution in [1.29, 1.82) is 5.26 Å². The largest absolute Gasteiger partial charge is 0.354 e. The van der Waals surface area contributed by atoms with Gasteiger partial charge in [-0.1, -0.05) is 35.9 Å². The number of piperazine rings is 1. The third kappa shape index (κ3) is 7.38. The quantitative estimate of drug-likeness (QED) is 0.511. The van der Waals surface area contributed by atoms with E-state index in [1.165, 1.54) is 16.1 Å². The summed E-state index contributed by atoms with van der Waals surface area (Å²) in [5.41, 5.74) is 4.02. The number of carbonyl (C=O) groups is 1. The molecule has 10 heteroatoms. The molecule has 2 aliphatic rings. The molecule has 1 saturated heterocycles. The van der Waals surface area contributed by atoms with E-state index in [9.17, 15) is 13.2 Å². The van der Waals surface area contributed by atoms with Crippen LogP contribution in [0.4, 0.5) is 0 Å². The van der Waals surface area contributed by atoms with Gasteiger partial charge in [0, 0.05) is 57.6 Å². The highest BCUT2D eigenvalue weighted by molar-refractivity contribution is 7.88. The van der Waals surface area contributed by atoms with Gasteiger partial charge in [-0.25, -0.2) is 13.4 Å². The summed E-state index contributed by atoms with van der Waals surface area (Å²) in [4.78, 5) is 19.6. The van der Waals surface area contributed by atoms with Crippen LogP contribution in [-0.4, -0.2) is 78.1 Å². The Morgan fingerprint density at radius 2 is 2.03 bits per heavy atom. The highest BCUT2D eigenvalue weighted by atomic mass is 32.2. The lowest BCUT2D eigenvalue weighted by Gasteiger charge is -2.39. The van der Waals surface area contributed by atoms with Gasteiger partial charge >= 0.3 is 0 Å². The number of amides is 1. The molecule has 1 aromatic heterocycles. The first-order valence-electron chi connectivity index (χ1n) is 12.6. The number of imidazole rings is 1. The summed E-state index contributed by atoms with van der Waals surface area (Å²) in [5, 5.41) is 11.9. The van der Waals surface area contributed by atoms with Crippen molar-refractivity contribution in [2.24, 2.45) is 0 Å². The van der Waals surface area contributed by atoms with Crippen LogP contribution < -0.4 is 5.32 Å². The van der Waals surface area contributed by atoms with Crippen molar-refractivity contribution in [3.05, 3.63) is 77.4 Å². The summed E-state index contributed by atoms with van der Waals surface area (Å²) < 4.78 is 28.2. The number of rotatable bonds is 10. The van der Waals surface area contributed by atoms with Crippen molar-refractivity contribution in [2.75, 3.05) is 39.0 Å². The van der Waals surface area contributed by atoms with Gasteiger partial charge < -0.3 is 9.88 Å². The Bertz CT molecular complexity index is 1290. The fourth-order valence-corrected chi connectivity index (χ4v) is 5.85. The van der Waals surface area contributed by atoms with Gasteiger partial charge in [-0.05, 0) is 37.0 Å². The van der Waals surface area contributed by atoms with Crippen LogP contribution in [-0.2, 0) is 27.8 Å². The first-order valence-corrected chi connectivity index (χ1v) is 14.5. The van der Waals surface area contributed by atoms with Crippen molar-refractivity contribution >= 4 is 15.9 Å². The van der Waals surface area contributed by atoms with Crippen LogP contribution in [0.5, 0.6) is 0 Å². The summed E-state index contributed by atoms with van der Waals surface area (Å²) >= 11 is 0. The maximum atomic E-state index is 13.2. The molecule has 1 fully saturated rings. The Balaban J connectivity index is 1.33. The highest BCUT2D eigenvalue weighted by Crippen LogP contribution is 2.19. The molecule has 196 valence electrons. The first-order chi connectivity index (χ1) is 17.8. The Labute approximate surface area is 219 Å². The number of allylic oxidation sites excluding steroid dienone is 3. The standard InChI is InChI=1S/C27H34N6O3S/c1-37(35,36)33-16-15-31(14-12-22-5-3-2-4-6-22)20-26(33)27(34)30-13-11-25-18-29-21-32(25)19-24-9-7-23(17-28)8-10-24/h2-3,5,7-10,18,21,26H,4,6,11-16,19-20H2,1H3,(H,30,34). The normalized spacial score (nSPS) is 18.8. The molecule has 37 heavy (non-hydrogen) atoms. The minimum absolute atomic E-state index is 0.270. The van der Waals surface area contributed by atoms with Crippen LogP contribution in [0.3, 0.4) is 0 Å². The molecule has 1 atom stereocenters. The smallest absolute Gasteiger partial charge is 0.239 e. The SMILES string of the molecule is CS(=O)(=O)N1CCN(CCC2=CC=CCC2)CC1C(=O)NCCc1cncn1Cc1ccc(C#N)cc1. The van der Waals surface area contributed by atoms with E-state index < -0.39 is 16.1 Å². The average molecular weight is 523 g/mol. The second-order valence-electron chi connectivity index (χ2n) is 9.59. The third-order valence-corrected chi connectivity index (χ3v) is 8.20. The molecule has 0 spiro atoms. The van der Waals surface area contributed by atoms with Crippen molar-refractivity contribution in [1.82, 2.24) is 24.1 Å². The van der Waals surface area contributed by atoms with Gasteiger partial charge in [0.15, 0.2) is 0 Å². The molecule has 4 rings (SSSR count). The van der Waals surface area contributed by atoms with E-state index in [4.69, 9.17) is 5.26 Å². The summed E-state index contributed by atoms with van der Waals surface area (Å²) in [6.45, 7) is 3.13. The number of nitrogens with zero attached hydrogens (tertiary/aromatic N) is 5. The zero-order chi connectivity index (χ0) is 26.3. The molecule has 2 heterocycles. The van der Waals surface area contributed by atoms with Gasteiger partial charge in [0.2, 0.25) is 15.9 Å². The lowest BCUT2D eigenvalue weighted by molar-refractivity contribution is -0.126. The van der Waals surface area contributed by atoms with Crippen molar-refractivity contribution < 1.29 is 13.2 Å². The van der Waals surface area contributed by atoms with E-state index in [0.29, 0.717) is 44.7 Å². The molecule has 1 amide bonds. The fraction of sp³-hybridized carbons (Fsp3) is 0.444. The number of hydrogen-bond acceptors (Lipinski definition) is 6. The predicted molar refractivity (Wildman–Crippen MR) is 142 cm³/mol. The lowest BCUT2D eigenvalue weighted by atomic mass is 10.0. The van der Waals surface area contributed by atoms with Crippen LogP contribution in [0.2, 0.25) is 0 Å². The topological polar surface area (TPSA) is 111 Å². The number of hydrogen-bond donors (Lipinski definition) is 1. The molecule has 2 aromatic rings. The van der Waals surface area contributed by atoms with Crippen LogP contribution in [0, 0.1) is 11.3 Å². The number of aromatic nitrogens is 2. The Kier molecular flexibility index (Phi) is 8.92. The highest BCUT2D eigenvalue weighted by Gasteiger charge is 2.37. The van der Waals surface area contributed by atoms with Crippen molar-refractivity contribution in [2.45, 2.75) is 38.3 Å². The molecule has 1 aromatic carbocycles. The third-order valence-electron chi connectivity index (χ3n) is 6.91. The minimum Gasteiger partial charge on any atom is -0.354 e. The van der Waals surface area contributed by atoms with Crippen molar-refractivity contribution in [3.63, 3.8) is 0 Å². The van der Waals surface area contributed by atoms with Crippen LogP contribution in [0.1, 0.15) is 36.1 Å². The van der Waals surface area contributed by atoms with Crippen LogP contribution >= 0.6 is 0 Å². The number of sulfonamides is 1. The molecule has 1 N–H and O–H groups in total. The maximum absolute atomic E-state index is 13.2. The zero-order valence-corrected chi connectivity index (χ0v) is 22.0. The second kappa shape index (κ2) is 12.3. The van der Waals surface area contributed by atoms with Crippen LogP contribution in [0.25, 0.3) is 0 Å². The number of nitriles is 1. The zero-order valence-electron chi connectivity index (χ0n) is 21.2. The second-order valence-corrected chi connectivity index (χ2v) is 11.5. The molecule has 1 unspecified atom stereocenters. The van der Waals surface area contributed by atoms with Gasteiger partial charge in [-0.3, -0.25) is 9.69 Å².